The van der Waals surface area contributed by atoms with Crippen LogP contribution in [0.1, 0.15) is 16.9 Å². The van der Waals surface area contributed by atoms with Crippen LogP contribution in [0.2, 0.25) is 0 Å². The number of hydroxylamine groups is 2. The SMILES string of the molecule is O=C(c1ccc2ccccc2n1)N1O[C@@H]2C=C[C@H]1C2. The quantitative estimate of drug-likeness (QED) is 0.731. The van der Waals surface area contributed by atoms with Crippen LogP contribution in [0, 0.1) is 0 Å². The minimum absolute atomic E-state index is 0.0504. The highest BCUT2D eigenvalue weighted by Crippen LogP contribution is 2.30. The van der Waals surface area contributed by atoms with E-state index in [1.165, 1.54) is 5.06 Å². The van der Waals surface area contributed by atoms with Crippen molar-refractivity contribution >= 4 is 16.8 Å². The first-order valence-electron chi connectivity index (χ1n) is 6.36. The number of benzene rings is 1. The highest BCUT2D eigenvalue weighted by molar-refractivity contribution is 5.94. The average molecular weight is 252 g/mol. The van der Waals surface area contributed by atoms with E-state index in [-0.39, 0.29) is 18.1 Å². The smallest absolute Gasteiger partial charge is 0.265 e. The van der Waals surface area contributed by atoms with Gasteiger partial charge in [-0.25, -0.2) is 10.0 Å². The molecule has 0 saturated carbocycles. The first kappa shape index (κ1) is 10.7. The van der Waals surface area contributed by atoms with Crippen LogP contribution in [0.4, 0.5) is 0 Å². The fourth-order valence-corrected chi connectivity index (χ4v) is 2.62. The second kappa shape index (κ2) is 3.90. The number of hydrogen-bond acceptors (Lipinski definition) is 3. The van der Waals surface area contributed by atoms with E-state index < -0.39 is 0 Å². The molecule has 0 spiro atoms. The van der Waals surface area contributed by atoms with Gasteiger partial charge in [0.25, 0.3) is 5.91 Å². The Morgan fingerprint density at radius 1 is 1.21 bits per heavy atom. The number of amides is 1. The molecule has 1 aromatic heterocycles. The third-order valence-corrected chi connectivity index (χ3v) is 3.59. The van der Waals surface area contributed by atoms with Crippen LogP contribution in [0.5, 0.6) is 0 Å². The van der Waals surface area contributed by atoms with Gasteiger partial charge < -0.3 is 0 Å². The fraction of sp³-hybridized carbons (Fsp3) is 0.200. The van der Waals surface area contributed by atoms with Gasteiger partial charge in [-0.1, -0.05) is 36.4 Å². The van der Waals surface area contributed by atoms with Crippen LogP contribution in [0.25, 0.3) is 10.9 Å². The van der Waals surface area contributed by atoms with Gasteiger partial charge in [-0.3, -0.25) is 9.63 Å². The van der Waals surface area contributed by atoms with E-state index in [2.05, 4.69) is 4.98 Å². The van der Waals surface area contributed by atoms with Gasteiger partial charge in [0.05, 0.1) is 11.6 Å². The number of para-hydroxylation sites is 1. The van der Waals surface area contributed by atoms with Crippen molar-refractivity contribution in [2.24, 2.45) is 0 Å². The molecule has 2 aromatic rings. The number of nitrogens with zero attached hydrogens (tertiary/aromatic N) is 2. The molecule has 2 aliphatic rings. The summed E-state index contributed by atoms with van der Waals surface area (Å²) in [7, 11) is 0. The van der Waals surface area contributed by atoms with E-state index in [1.807, 2.05) is 42.5 Å². The van der Waals surface area contributed by atoms with Crippen LogP contribution in [-0.4, -0.2) is 28.1 Å². The summed E-state index contributed by atoms with van der Waals surface area (Å²) in [6.45, 7) is 0. The number of aromatic nitrogens is 1. The Morgan fingerprint density at radius 2 is 2.11 bits per heavy atom. The highest BCUT2D eigenvalue weighted by Gasteiger charge is 2.39. The third kappa shape index (κ3) is 1.64. The lowest BCUT2D eigenvalue weighted by atomic mass is 10.2. The molecule has 1 amide bonds. The summed E-state index contributed by atoms with van der Waals surface area (Å²) in [5, 5.41) is 2.48. The molecule has 2 atom stereocenters. The zero-order chi connectivity index (χ0) is 12.8. The van der Waals surface area contributed by atoms with Crippen molar-refractivity contribution < 1.29 is 9.63 Å². The summed E-state index contributed by atoms with van der Waals surface area (Å²) >= 11 is 0. The summed E-state index contributed by atoms with van der Waals surface area (Å²) in [4.78, 5) is 22.3. The molecule has 1 aliphatic carbocycles. The Morgan fingerprint density at radius 3 is 2.89 bits per heavy atom. The first-order valence-corrected chi connectivity index (χ1v) is 6.36. The van der Waals surface area contributed by atoms with Gasteiger partial charge >= 0.3 is 0 Å². The maximum Gasteiger partial charge on any atom is 0.296 e. The normalized spacial score (nSPS) is 24.3. The number of hydrogen-bond donors (Lipinski definition) is 0. The Hall–Kier alpha value is -2.20. The molecule has 4 nitrogen and oxygen atoms in total. The van der Waals surface area contributed by atoms with Crippen molar-refractivity contribution in [1.29, 1.82) is 0 Å². The van der Waals surface area contributed by atoms with Crippen LogP contribution >= 0.6 is 0 Å². The molecule has 2 bridgehead atoms. The monoisotopic (exact) mass is 252 g/mol. The zero-order valence-electron chi connectivity index (χ0n) is 10.2. The predicted octanol–water partition coefficient (Wildman–Crippen LogP) is 2.32. The number of carbonyl (C=O) groups excluding carboxylic acids is 1. The Bertz CT molecular complexity index is 695. The molecule has 1 fully saturated rings. The van der Waals surface area contributed by atoms with E-state index in [0.29, 0.717) is 5.69 Å². The maximum absolute atomic E-state index is 12.4. The first-order chi connectivity index (χ1) is 9.31. The van der Waals surface area contributed by atoms with E-state index in [9.17, 15) is 4.79 Å². The number of pyridine rings is 1. The number of fused-ring (bicyclic) bond motifs is 3. The van der Waals surface area contributed by atoms with Gasteiger partial charge in [0, 0.05) is 11.8 Å². The molecule has 1 saturated heterocycles. The Balaban J connectivity index is 1.70. The van der Waals surface area contributed by atoms with Crippen molar-refractivity contribution in [3.05, 3.63) is 54.2 Å². The second-order valence-electron chi connectivity index (χ2n) is 4.85. The Kier molecular flexibility index (Phi) is 2.19. The fourth-order valence-electron chi connectivity index (χ4n) is 2.62. The van der Waals surface area contributed by atoms with Gasteiger partial charge in [0.1, 0.15) is 11.8 Å². The van der Waals surface area contributed by atoms with Crippen LogP contribution in [0.15, 0.2) is 48.6 Å². The van der Waals surface area contributed by atoms with Gasteiger partial charge in [-0.05, 0) is 12.1 Å². The minimum Gasteiger partial charge on any atom is -0.265 e. The molecule has 19 heavy (non-hydrogen) atoms. The van der Waals surface area contributed by atoms with Crippen molar-refractivity contribution in [2.45, 2.75) is 18.6 Å². The highest BCUT2D eigenvalue weighted by atomic mass is 16.7. The molecule has 0 unspecified atom stereocenters. The van der Waals surface area contributed by atoms with E-state index in [0.717, 1.165) is 17.3 Å². The molecule has 0 radical (unpaired) electrons. The topological polar surface area (TPSA) is 42.4 Å². The van der Waals surface area contributed by atoms with Crippen molar-refractivity contribution in [2.75, 3.05) is 0 Å². The van der Waals surface area contributed by atoms with E-state index in [1.54, 1.807) is 6.07 Å². The Labute approximate surface area is 110 Å². The number of rotatable bonds is 1. The lowest BCUT2D eigenvalue weighted by Crippen LogP contribution is -2.35. The number of carbonyl (C=O) groups is 1. The maximum atomic E-state index is 12.4. The summed E-state index contributed by atoms with van der Waals surface area (Å²) in [5.74, 6) is -0.164. The van der Waals surface area contributed by atoms with Crippen molar-refractivity contribution in [3.63, 3.8) is 0 Å². The lowest BCUT2D eigenvalue weighted by molar-refractivity contribution is -0.115. The summed E-state index contributed by atoms with van der Waals surface area (Å²) in [6, 6.07) is 11.5. The van der Waals surface area contributed by atoms with E-state index >= 15 is 0 Å². The van der Waals surface area contributed by atoms with E-state index in [4.69, 9.17) is 4.84 Å². The van der Waals surface area contributed by atoms with Gasteiger partial charge in [-0.15, -0.1) is 0 Å². The van der Waals surface area contributed by atoms with Crippen molar-refractivity contribution in [3.8, 4) is 0 Å². The molecular weight excluding hydrogens is 240 g/mol. The zero-order valence-corrected chi connectivity index (χ0v) is 10.2. The molecular formula is C15H12N2O2. The summed E-state index contributed by atoms with van der Waals surface area (Å²) < 4.78 is 0. The standard InChI is InChI=1S/C15H12N2O2/c18-15(17-11-6-7-12(9-11)19-17)14-8-5-10-3-1-2-4-13(10)16-14/h1-8,11-12H,9H2/t11-,12+/m0/s1. The lowest BCUT2D eigenvalue weighted by Gasteiger charge is -2.22. The second-order valence-corrected chi connectivity index (χ2v) is 4.85. The molecule has 4 rings (SSSR count). The van der Waals surface area contributed by atoms with Gasteiger partial charge in [0.15, 0.2) is 0 Å². The van der Waals surface area contributed by atoms with Crippen LogP contribution in [0.3, 0.4) is 0 Å². The molecule has 4 heteroatoms. The van der Waals surface area contributed by atoms with Crippen molar-refractivity contribution in [1.82, 2.24) is 10.0 Å². The summed E-state index contributed by atoms with van der Waals surface area (Å²) in [6.07, 6.45) is 4.93. The minimum atomic E-state index is -0.164. The van der Waals surface area contributed by atoms with Crippen LogP contribution in [-0.2, 0) is 4.84 Å². The van der Waals surface area contributed by atoms with Gasteiger partial charge in [0.2, 0.25) is 0 Å². The predicted molar refractivity (Wildman–Crippen MR) is 70.3 cm³/mol. The molecule has 1 aromatic carbocycles. The molecule has 1 aliphatic heterocycles. The molecule has 2 heterocycles. The molecule has 0 N–H and O–H groups in total. The average Bonchev–Trinajstić information content (AvgIpc) is 3.08. The van der Waals surface area contributed by atoms with Crippen LogP contribution < -0.4 is 0 Å². The third-order valence-electron chi connectivity index (χ3n) is 3.59. The largest absolute Gasteiger partial charge is 0.296 e. The molecule has 94 valence electrons. The summed E-state index contributed by atoms with van der Waals surface area (Å²) in [5.41, 5.74) is 1.26. The van der Waals surface area contributed by atoms with Gasteiger partial charge in [-0.2, -0.15) is 0 Å².